The molecule has 8 atom stereocenters. The van der Waals surface area contributed by atoms with Gasteiger partial charge in [-0.2, -0.15) is 0 Å². The number of rotatable bonds is 33. The van der Waals surface area contributed by atoms with Crippen molar-refractivity contribution in [2.75, 3.05) is 13.2 Å². The standard InChI is InChI=1S/C42H77NO9/c1-3-5-7-9-11-13-15-17-19-21-23-25-27-29-31-36(46)41(50)43-34(33-51-42-40(49)39(48)38(47)37(32-44)52-42)35(45)30-28-26-24-22-20-18-16-14-12-10-8-6-4-2/h20,22,28-31,34-40,42,44-49H,3-19,21,23-27,32-33H2,1-2H3,(H,43,50)/b22-20?,30-28+,31-29+/t34-,35+,36+,37+,38+,39-,40+,42+/m0/s1. The molecule has 1 fully saturated rings. The Hall–Kier alpha value is -1.63. The third-order valence-corrected chi connectivity index (χ3v) is 9.81. The Balaban J connectivity index is 2.54. The Morgan fingerprint density at radius 2 is 1.10 bits per heavy atom. The van der Waals surface area contributed by atoms with E-state index in [-0.39, 0.29) is 6.61 Å². The maximum atomic E-state index is 12.9. The van der Waals surface area contributed by atoms with Crippen molar-refractivity contribution < 1.29 is 44.9 Å². The summed E-state index contributed by atoms with van der Waals surface area (Å²) < 4.78 is 11.1. The quantitative estimate of drug-likeness (QED) is 0.0287. The second-order valence-electron chi connectivity index (χ2n) is 14.6. The van der Waals surface area contributed by atoms with Crippen molar-refractivity contribution in [2.45, 2.75) is 210 Å². The molecule has 1 amide bonds. The summed E-state index contributed by atoms with van der Waals surface area (Å²) in [5, 5.41) is 64.2. The number of nitrogens with one attached hydrogen (secondary N) is 1. The van der Waals surface area contributed by atoms with Crippen LogP contribution in [0.2, 0.25) is 0 Å². The molecule has 1 aliphatic rings. The van der Waals surface area contributed by atoms with E-state index in [1.54, 1.807) is 12.2 Å². The highest BCUT2D eigenvalue weighted by atomic mass is 16.7. The fourth-order valence-corrected chi connectivity index (χ4v) is 6.33. The number of aliphatic hydroxyl groups is 6. The van der Waals surface area contributed by atoms with Crippen LogP contribution >= 0.6 is 0 Å². The van der Waals surface area contributed by atoms with Crippen molar-refractivity contribution in [3.63, 3.8) is 0 Å². The van der Waals surface area contributed by atoms with Crippen molar-refractivity contribution in [1.82, 2.24) is 5.32 Å². The van der Waals surface area contributed by atoms with Gasteiger partial charge in [-0.25, -0.2) is 0 Å². The SMILES string of the molecule is CCCCCCCCCC=CCC/C=C/[C@@H](O)[C@H](CO[C@@H]1O[C@H](CO)[C@@H](O)[C@H](O)[C@H]1O)NC(=O)[C@H](O)/C=C/CCCCCCCCCCCCCC. The summed E-state index contributed by atoms with van der Waals surface area (Å²) in [5.41, 5.74) is 0. The largest absolute Gasteiger partial charge is 0.394 e. The maximum absolute atomic E-state index is 12.9. The molecule has 0 aliphatic carbocycles. The third kappa shape index (κ3) is 23.2. The number of ether oxygens (including phenoxy) is 2. The van der Waals surface area contributed by atoms with E-state index in [1.807, 2.05) is 6.08 Å². The number of unbranched alkanes of at least 4 members (excludes halogenated alkanes) is 20. The van der Waals surface area contributed by atoms with E-state index < -0.39 is 61.5 Å². The zero-order valence-electron chi connectivity index (χ0n) is 32.7. The number of allylic oxidation sites excluding steroid dienone is 4. The van der Waals surface area contributed by atoms with E-state index in [4.69, 9.17) is 9.47 Å². The molecular formula is C42H77NO9. The minimum Gasteiger partial charge on any atom is -0.394 e. The first kappa shape index (κ1) is 48.4. The molecular weight excluding hydrogens is 662 g/mol. The minimum absolute atomic E-state index is 0.340. The van der Waals surface area contributed by atoms with Gasteiger partial charge in [-0.1, -0.05) is 159 Å². The zero-order valence-corrected chi connectivity index (χ0v) is 32.7. The van der Waals surface area contributed by atoms with Gasteiger partial charge in [0.25, 0.3) is 5.91 Å². The van der Waals surface area contributed by atoms with Crippen LogP contribution in [-0.4, -0.2) is 98.7 Å². The predicted molar refractivity (Wildman–Crippen MR) is 209 cm³/mol. The first-order chi connectivity index (χ1) is 25.3. The lowest BCUT2D eigenvalue weighted by Gasteiger charge is -2.40. The first-order valence-electron chi connectivity index (χ1n) is 20.8. The molecule has 0 radical (unpaired) electrons. The van der Waals surface area contributed by atoms with Gasteiger partial charge in [-0.3, -0.25) is 4.79 Å². The lowest BCUT2D eigenvalue weighted by atomic mass is 9.99. The van der Waals surface area contributed by atoms with Crippen LogP contribution in [0.25, 0.3) is 0 Å². The summed E-state index contributed by atoms with van der Waals surface area (Å²) in [6.45, 7) is 3.52. The lowest BCUT2D eigenvalue weighted by Crippen LogP contribution is -2.60. The van der Waals surface area contributed by atoms with Gasteiger partial charge in [-0.15, -0.1) is 0 Å². The Labute approximate surface area is 315 Å². The summed E-state index contributed by atoms with van der Waals surface area (Å²) in [5.74, 6) is -0.714. The molecule has 7 N–H and O–H groups in total. The number of aliphatic hydroxyl groups excluding tert-OH is 6. The summed E-state index contributed by atoms with van der Waals surface area (Å²) in [7, 11) is 0. The van der Waals surface area contributed by atoms with Gasteiger partial charge in [0.15, 0.2) is 12.4 Å². The zero-order chi connectivity index (χ0) is 38.2. The number of hydrogen-bond acceptors (Lipinski definition) is 9. The second-order valence-corrected chi connectivity index (χ2v) is 14.6. The summed E-state index contributed by atoms with van der Waals surface area (Å²) in [6, 6.07) is -1.02. The Morgan fingerprint density at radius 3 is 1.63 bits per heavy atom. The fourth-order valence-electron chi connectivity index (χ4n) is 6.33. The van der Waals surface area contributed by atoms with Gasteiger partial charge >= 0.3 is 0 Å². The average molecular weight is 740 g/mol. The molecule has 1 aliphatic heterocycles. The van der Waals surface area contributed by atoms with Crippen molar-refractivity contribution in [3.8, 4) is 0 Å². The Kier molecular flexibility index (Phi) is 30.5. The normalized spacial score (nSPS) is 22.8. The second kappa shape index (κ2) is 32.8. The molecule has 0 saturated carbocycles. The molecule has 1 heterocycles. The highest BCUT2D eigenvalue weighted by molar-refractivity contribution is 5.82. The summed E-state index contributed by atoms with van der Waals surface area (Å²) in [6.07, 6.45) is 28.4. The van der Waals surface area contributed by atoms with E-state index in [2.05, 4.69) is 31.3 Å². The third-order valence-electron chi connectivity index (χ3n) is 9.81. The Morgan fingerprint density at radius 1 is 0.635 bits per heavy atom. The van der Waals surface area contributed by atoms with Crippen molar-refractivity contribution in [2.24, 2.45) is 0 Å². The van der Waals surface area contributed by atoms with Gasteiger partial charge in [0.05, 0.1) is 25.4 Å². The van der Waals surface area contributed by atoms with Gasteiger partial charge in [0, 0.05) is 0 Å². The number of amides is 1. The molecule has 0 bridgehead atoms. The number of carbonyl (C=O) groups excluding carboxylic acids is 1. The van der Waals surface area contributed by atoms with E-state index in [0.29, 0.717) is 6.42 Å². The van der Waals surface area contributed by atoms with E-state index in [0.717, 1.165) is 32.1 Å². The van der Waals surface area contributed by atoms with Gasteiger partial charge in [0.2, 0.25) is 0 Å². The summed E-state index contributed by atoms with van der Waals surface area (Å²) >= 11 is 0. The summed E-state index contributed by atoms with van der Waals surface area (Å²) in [4.78, 5) is 12.9. The fraction of sp³-hybridized carbons (Fsp3) is 0.833. The highest BCUT2D eigenvalue weighted by Crippen LogP contribution is 2.22. The molecule has 10 heteroatoms. The van der Waals surface area contributed by atoms with Crippen LogP contribution in [0, 0.1) is 0 Å². The topological polar surface area (TPSA) is 169 Å². The number of hydrogen-bond donors (Lipinski definition) is 7. The van der Waals surface area contributed by atoms with Crippen LogP contribution in [0.5, 0.6) is 0 Å². The first-order valence-corrected chi connectivity index (χ1v) is 20.8. The van der Waals surface area contributed by atoms with Crippen molar-refractivity contribution in [3.05, 3.63) is 36.5 Å². The minimum atomic E-state index is -1.62. The van der Waals surface area contributed by atoms with Crippen molar-refractivity contribution in [1.29, 1.82) is 0 Å². The molecule has 0 aromatic carbocycles. The molecule has 10 nitrogen and oxygen atoms in total. The van der Waals surface area contributed by atoms with Gasteiger partial charge < -0.3 is 45.4 Å². The smallest absolute Gasteiger partial charge is 0.253 e. The monoisotopic (exact) mass is 740 g/mol. The van der Waals surface area contributed by atoms with Crippen molar-refractivity contribution >= 4 is 5.91 Å². The molecule has 0 unspecified atom stereocenters. The van der Waals surface area contributed by atoms with E-state index in [9.17, 15) is 35.4 Å². The van der Waals surface area contributed by atoms with Crippen LogP contribution in [-0.2, 0) is 14.3 Å². The van der Waals surface area contributed by atoms with Crippen LogP contribution in [0.15, 0.2) is 36.5 Å². The lowest BCUT2D eigenvalue weighted by molar-refractivity contribution is -0.302. The van der Waals surface area contributed by atoms with Crippen LogP contribution in [0.3, 0.4) is 0 Å². The molecule has 0 spiro atoms. The van der Waals surface area contributed by atoms with Crippen LogP contribution in [0.4, 0.5) is 0 Å². The molecule has 1 rings (SSSR count). The molecule has 0 aromatic rings. The van der Waals surface area contributed by atoms with Crippen LogP contribution < -0.4 is 5.32 Å². The predicted octanol–water partition coefficient (Wildman–Crippen LogP) is 6.69. The average Bonchev–Trinajstić information content (AvgIpc) is 3.14. The Bertz CT molecular complexity index is 927. The molecule has 52 heavy (non-hydrogen) atoms. The molecule has 1 saturated heterocycles. The number of carbonyl (C=O) groups is 1. The molecule has 304 valence electrons. The van der Waals surface area contributed by atoms with Gasteiger partial charge in [0.1, 0.15) is 24.4 Å². The highest BCUT2D eigenvalue weighted by Gasteiger charge is 2.44. The van der Waals surface area contributed by atoms with E-state index in [1.165, 1.54) is 115 Å². The van der Waals surface area contributed by atoms with Gasteiger partial charge in [-0.05, 0) is 38.5 Å². The van der Waals surface area contributed by atoms with Crippen LogP contribution in [0.1, 0.15) is 162 Å². The maximum Gasteiger partial charge on any atom is 0.253 e. The molecule has 0 aromatic heterocycles. The van der Waals surface area contributed by atoms with E-state index >= 15 is 0 Å².